The molecular formula is C16H18N4S. The average molecular weight is 298 g/mol. The van der Waals surface area contributed by atoms with Crippen LogP contribution in [0.1, 0.15) is 24.3 Å². The van der Waals surface area contributed by atoms with Crippen molar-refractivity contribution in [3.8, 4) is 11.4 Å². The number of aromatic nitrogens is 3. The first-order valence-corrected chi connectivity index (χ1v) is 7.99. The molecule has 108 valence electrons. The molecule has 0 aliphatic carbocycles. The van der Waals surface area contributed by atoms with Crippen molar-refractivity contribution in [2.45, 2.75) is 26.7 Å². The number of pyridine rings is 1. The van der Waals surface area contributed by atoms with Gasteiger partial charge in [-0.25, -0.2) is 9.97 Å². The molecule has 1 N–H and O–H groups in total. The molecule has 0 atom stereocenters. The Hall–Kier alpha value is -2.01. The van der Waals surface area contributed by atoms with E-state index in [0.717, 1.165) is 40.3 Å². The molecule has 0 aliphatic rings. The minimum Gasteiger partial charge on any atom is -0.372 e. The van der Waals surface area contributed by atoms with Crippen molar-refractivity contribution in [2.24, 2.45) is 0 Å². The second kappa shape index (κ2) is 5.77. The first-order chi connectivity index (χ1) is 10.3. The number of hydrogen-bond donors (Lipinski definition) is 1. The van der Waals surface area contributed by atoms with Crippen molar-refractivity contribution >= 4 is 27.4 Å². The van der Waals surface area contributed by atoms with Crippen LogP contribution in [-0.4, -0.2) is 22.0 Å². The normalized spacial score (nSPS) is 11.0. The maximum absolute atomic E-state index is 4.77. The lowest BCUT2D eigenvalue weighted by molar-refractivity contribution is 1.09. The summed E-state index contributed by atoms with van der Waals surface area (Å²) in [5.74, 6) is 1.67. The summed E-state index contributed by atoms with van der Waals surface area (Å²) in [6, 6.07) is 4.18. The molecule has 3 aromatic heterocycles. The molecule has 3 rings (SSSR count). The van der Waals surface area contributed by atoms with E-state index in [1.807, 2.05) is 19.3 Å². The maximum Gasteiger partial charge on any atom is 0.163 e. The van der Waals surface area contributed by atoms with Gasteiger partial charge in [-0.15, -0.1) is 11.3 Å². The summed E-state index contributed by atoms with van der Waals surface area (Å²) in [7, 11) is 1.90. The van der Waals surface area contributed by atoms with Gasteiger partial charge in [-0.05, 0) is 30.5 Å². The molecule has 3 heterocycles. The molecule has 21 heavy (non-hydrogen) atoms. The van der Waals surface area contributed by atoms with Crippen LogP contribution in [0.25, 0.3) is 21.6 Å². The Morgan fingerprint density at radius 2 is 2.05 bits per heavy atom. The highest BCUT2D eigenvalue weighted by Gasteiger charge is 2.13. The van der Waals surface area contributed by atoms with Crippen LogP contribution in [0, 0.1) is 0 Å². The Labute approximate surface area is 128 Å². The van der Waals surface area contributed by atoms with Crippen molar-refractivity contribution < 1.29 is 0 Å². The van der Waals surface area contributed by atoms with Crippen molar-refractivity contribution in [1.29, 1.82) is 0 Å². The number of anilines is 1. The van der Waals surface area contributed by atoms with E-state index >= 15 is 0 Å². The fraction of sp³-hybridized carbons (Fsp3) is 0.312. The Balaban J connectivity index is 2.23. The predicted octanol–water partition coefficient (Wildman–Crippen LogP) is 3.92. The minimum atomic E-state index is 0.774. The third-order valence-electron chi connectivity index (χ3n) is 3.55. The van der Waals surface area contributed by atoms with Crippen LogP contribution in [0.3, 0.4) is 0 Å². The summed E-state index contributed by atoms with van der Waals surface area (Å²) >= 11 is 1.74. The lowest BCUT2D eigenvalue weighted by Gasteiger charge is -2.08. The topological polar surface area (TPSA) is 50.7 Å². The molecule has 0 unspecified atom stereocenters. The van der Waals surface area contributed by atoms with Gasteiger partial charge in [-0.1, -0.05) is 13.8 Å². The van der Waals surface area contributed by atoms with Crippen LogP contribution in [0.4, 0.5) is 5.82 Å². The molecule has 0 saturated carbocycles. The molecule has 0 aliphatic heterocycles. The van der Waals surface area contributed by atoms with Gasteiger partial charge in [0.15, 0.2) is 5.82 Å². The number of hydrogen-bond acceptors (Lipinski definition) is 5. The Bertz CT molecular complexity index is 779. The van der Waals surface area contributed by atoms with E-state index < -0.39 is 0 Å². The van der Waals surface area contributed by atoms with Gasteiger partial charge in [0.2, 0.25) is 0 Å². The molecule has 3 aromatic rings. The number of nitrogens with zero attached hydrogens (tertiary/aromatic N) is 3. The van der Waals surface area contributed by atoms with Gasteiger partial charge in [0, 0.05) is 29.9 Å². The smallest absolute Gasteiger partial charge is 0.163 e. The molecule has 0 bridgehead atoms. The van der Waals surface area contributed by atoms with Crippen molar-refractivity contribution in [3.63, 3.8) is 0 Å². The van der Waals surface area contributed by atoms with Crippen LogP contribution in [-0.2, 0) is 12.8 Å². The fourth-order valence-corrected chi connectivity index (χ4v) is 3.35. The highest BCUT2D eigenvalue weighted by molar-refractivity contribution is 7.18. The number of aryl methyl sites for hydroxylation is 2. The lowest BCUT2D eigenvalue weighted by atomic mass is 10.1. The van der Waals surface area contributed by atoms with Gasteiger partial charge in [0.25, 0.3) is 0 Å². The van der Waals surface area contributed by atoms with E-state index in [0.29, 0.717) is 0 Å². The molecule has 0 fully saturated rings. The van der Waals surface area contributed by atoms with Gasteiger partial charge in [0.1, 0.15) is 10.6 Å². The maximum atomic E-state index is 4.77. The number of fused-ring (bicyclic) bond motifs is 1. The van der Waals surface area contributed by atoms with Gasteiger partial charge in [-0.2, -0.15) is 0 Å². The summed E-state index contributed by atoms with van der Waals surface area (Å²) in [6.07, 6.45) is 5.64. The zero-order valence-electron chi connectivity index (χ0n) is 12.5. The van der Waals surface area contributed by atoms with Gasteiger partial charge in [-0.3, -0.25) is 4.98 Å². The van der Waals surface area contributed by atoms with Crippen LogP contribution in [0.2, 0.25) is 0 Å². The first-order valence-electron chi connectivity index (χ1n) is 7.18. The Morgan fingerprint density at radius 1 is 1.19 bits per heavy atom. The van der Waals surface area contributed by atoms with E-state index in [1.165, 1.54) is 10.4 Å². The molecule has 0 aromatic carbocycles. The Morgan fingerprint density at radius 3 is 2.76 bits per heavy atom. The van der Waals surface area contributed by atoms with Gasteiger partial charge in [0.05, 0.1) is 5.39 Å². The molecule has 0 radical (unpaired) electrons. The van der Waals surface area contributed by atoms with E-state index in [9.17, 15) is 0 Å². The number of nitrogens with one attached hydrogen (secondary N) is 1. The van der Waals surface area contributed by atoms with Crippen LogP contribution in [0.15, 0.2) is 24.5 Å². The molecule has 0 spiro atoms. The summed E-state index contributed by atoms with van der Waals surface area (Å²) in [6.45, 7) is 4.29. The number of rotatable bonds is 4. The lowest BCUT2D eigenvalue weighted by Crippen LogP contribution is -1.99. The quantitative estimate of drug-likeness (QED) is 0.793. The predicted molar refractivity (Wildman–Crippen MR) is 88.9 cm³/mol. The molecule has 0 saturated heterocycles. The fourth-order valence-electron chi connectivity index (χ4n) is 2.38. The highest BCUT2D eigenvalue weighted by atomic mass is 32.1. The minimum absolute atomic E-state index is 0.774. The van der Waals surface area contributed by atoms with Crippen LogP contribution in [0.5, 0.6) is 0 Å². The monoisotopic (exact) mass is 298 g/mol. The third kappa shape index (κ3) is 2.49. The Kier molecular flexibility index (Phi) is 3.84. The summed E-state index contributed by atoms with van der Waals surface area (Å²) in [5, 5.41) is 4.30. The average Bonchev–Trinajstić information content (AvgIpc) is 2.97. The van der Waals surface area contributed by atoms with Gasteiger partial charge < -0.3 is 5.32 Å². The third-order valence-corrected chi connectivity index (χ3v) is 4.73. The first kappa shape index (κ1) is 13.9. The van der Waals surface area contributed by atoms with Crippen LogP contribution < -0.4 is 5.32 Å². The van der Waals surface area contributed by atoms with Crippen molar-refractivity contribution in [1.82, 2.24) is 15.0 Å². The second-order valence-corrected chi connectivity index (χ2v) is 5.93. The van der Waals surface area contributed by atoms with E-state index in [-0.39, 0.29) is 0 Å². The SMILES string of the molecule is CCc1cc2c(NC)nc(-c3ccncc3CC)nc2s1. The second-order valence-electron chi connectivity index (χ2n) is 4.82. The largest absolute Gasteiger partial charge is 0.372 e. The molecular weight excluding hydrogens is 280 g/mol. The van der Waals surface area contributed by atoms with Gasteiger partial charge >= 0.3 is 0 Å². The van der Waals surface area contributed by atoms with E-state index in [4.69, 9.17) is 9.97 Å². The van der Waals surface area contributed by atoms with Crippen molar-refractivity contribution in [2.75, 3.05) is 12.4 Å². The number of thiophene rings is 1. The van der Waals surface area contributed by atoms with E-state index in [2.05, 4.69) is 30.2 Å². The van der Waals surface area contributed by atoms with E-state index in [1.54, 1.807) is 17.5 Å². The zero-order chi connectivity index (χ0) is 14.8. The molecule has 0 amide bonds. The molecule has 4 nitrogen and oxygen atoms in total. The summed E-state index contributed by atoms with van der Waals surface area (Å²) < 4.78 is 0. The summed E-state index contributed by atoms with van der Waals surface area (Å²) in [5.41, 5.74) is 2.24. The standard InChI is InChI=1S/C16H18N4S/c1-4-10-9-18-7-6-12(10)15-19-14(17-3)13-8-11(5-2)21-16(13)20-15/h6-9H,4-5H2,1-3H3,(H,17,19,20). The van der Waals surface area contributed by atoms with Crippen LogP contribution >= 0.6 is 11.3 Å². The highest BCUT2D eigenvalue weighted by Crippen LogP contribution is 2.32. The van der Waals surface area contributed by atoms with Crippen molar-refractivity contribution in [3.05, 3.63) is 35.0 Å². The summed E-state index contributed by atoms with van der Waals surface area (Å²) in [4.78, 5) is 16.0. The molecule has 5 heteroatoms. The zero-order valence-corrected chi connectivity index (χ0v) is 13.3.